The van der Waals surface area contributed by atoms with Crippen molar-refractivity contribution in [2.24, 2.45) is 5.92 Å². The fourth-order valence-electron chi connectivity index (χ4n) is 4.72. The highest BCUT2D eigenvalue weighted by Gasteiger charge is 2.35. The largest absolute Gasteiger partial charge is 0.446 e. The molecule has 1 fully saturated rings. The number of anilines is 2. The van der Waals surface area contributed by atoms with Gasteiger partial charge in [-0.1, -0.05) is 6.07 Å². The number of benzene rings is 1. The lowest BCUT2D eigenvalue weighted by atomic mass is 10.0. The van der Waals surface area contributed by atoms with Crippen LogP contribution in [0.15, 0.2) is 30.6 Å². The molecule has 0 radical (unpaired) electrons. The van der Waals surface area contributed by atoms with Gasteiger partial charge in [-0.2, -0.15) is 5.10 Å². The van der Waals surface area contributed by atoms with Gasteiger partial charge >= 0.3 is 6.09 Å². The smallest absolute Gasteiger partial charge is 0.414 e. The minimum atomic E-state index is -2.89. The first-order chi connectivity index (χ1) is 16.0. The maximum Gasteiger partial charge on any atom is 0.414 e. The van der Waals surface area contributed by atoms with E-state index in [0.29, 0.717) is 37.3 Å². The van der Waals surface area contributed by atoms with Gasteiger partial charge in [0.05, 0.1) is 41.2 Å². The Morgan fingerprint density at radius 3 is 2.50 bits per heavy atom. The number of aromatic nitrogens is 2. The summed E-state index contributed by atoms with van der Waals surface area (Å²) in [5, 5.41) is 4.48. The van der Waals surface area contributed by atoms with Crippen molar-refractivity contribution in [3.05, 3.63) is 30.6 Å². The van der Waals surface area contributed by atoms with Crippen LogP contribution in [0.1, 0.15) is 40.5 Å². The predicted molar refractivity (Wildman–Crippen MR) is 131 cm³/mol. The molecule has 0 spiro atoms. The molecule has 0 aliphatic carbocycles. The molecule has 34 heavy (non-hydrogen) atoms. The van der Waals surface area contributed by atoms with E-state index in [9.17, 15) is 18.0 Å². The van der Waals surface area contributed by atoms with E-state index in [0.717, 1.165) is 11.1 Å². The van der Waals surface area contributed by atoms with Gasteiger partial charge in [-0.15, -0.1) is 0 Å². The van der Waals surface area contributed by atoms with Crippen molar-refractivity contribution in [2.45, 2.75) is 59.2 Å². The number of nitrogens with zero attached hydrogens (tertiary/aromatic N) is 4. The molecule has 1 aromatic carbocycles. The molecule has 9 nitrogen and oxygen atoms in total. The summed E-state index contributed by atoms with van der Waals surface area (Å²) >= 11 is 0. The summed E-state index contributed by atoms with van der Waals surface area (Å²) in [5.74, 6) is 0.681. The van der Waals surface area contributed by atoms with Crippen LogP contribution in [0.5, 0.6) is 0 Å². The third kappa shape index (κ3) is 5.11. The molecular formula is C24H32N4O5S. The minimum Gasteiger partial charge on any atom is -0.446 e. The van der Waals surface area contributed by atoms with Crippen molar-refractivity contribution in [3.63, 3.8) is 0 Å². The average molecular weight is 489 g/mol. The molecule has 0 unspecified atom stereocenters. The van der Waals surface area contributed by atoms with Crippen LogP contribution >= 0.6 is 0 Å². The van der Waals surface area contributed by atoms with Gasteiger partial charge < -0.3 is 9.64 Å². The first kappa shape index (κ1) is 24.3. The van der Waals surface area contributed by atoms with Crippen LogP contribution in [0, 0.1) is 5.92 Å². The van der Waals surface area contributed by atoms with Crippen LogP contribution in [0.25, 0.3) is 11.1 Å². The second-order valence-corrected chi connectivity index (χ2v) is 11.8. The molecule has 0 bridgehead atoms. The van der Waals surface area contributed by atoms with Crippen molar-refractivity contribution in [3.8, 4) is 11.1 Å². The van der Waals surface area contributed by atoms with Gasteiger partial charge in [0, 0.05) is 31.8 Å². The first-order valence-electron chi connectivity index (χ1n) is 11.7. The maximum atomic E-state index is 12.9. The molecule has 2 aliphatic rings. The fraction of sp³-hybridized carbons (Fsp3) is 0.542. The van der Waals surface area contributed by atoms with Gasteiger partial charge in [0.1, 0.15) is 9.84 Å². The number of fused-ring (bicyclic) bond motifs is 1. The van der Waals surface area contributed by atoms with Crippen LogP contribution in [0.3, 0.4) is 0 Å². The topological polar surface area (TPSA) is 102 Å². The number of hydrogen-bond acceptors (Lipinski definition) is 6. The van der Waals surface area contributed by atoms with Gasteiger partial charge in [-0.05, 0) is 57.2 Å². The predicted octanol–water partition coefficient (Wildman–Crippen LogP) is 3.48. The van der Waals surface area contributed by atoms with E-state index >= 15 is 0 Å². The van der Waals surface area contributed by atoms with Crippen molar-refractivity contribution in [1.82, 2.24) is 9.78 Å². The second-order valence-electron chi connectivity index (χ2n) is 9.53. The highest BCUT2D eigenvalue weighted by atomic mass is 32.2. The Balaban J connectivity index is 1.61. The molecule has 184 valence electrons. The number of rotatable bonds is 4. The molecule has 2 aliphatic heterocycles. The van der Waals surface area contributed by atoms with Gasteiger partial charge in [0.15, 0.2) is 0 Å². The highest BCUT2D eigenvalue weighted by Crippen LogP contribution is 2.39. The third-order valence-electron chi connectivity index (χ3n) is 6.40. The van der Waals surface area contributed by atoms with Crippen LogP contribution in [-0.4, -0.2) is 60.4 Å². The highest BCUT2D eigenvalue weighted by molar-refractivity contribution is 7.91. The molecule has 0 N–H and O–H groups in total. The Hall–Kier alpha value is -2.88. The number of sulfone groups is 1. The molecule has 2 amide bonds. The minimum absolute atomic E-state index is 0.0827. The van der Waals surface area contributed by atoms with Crippen LogP contribution in [0.4, 0.5) is 16.2 Å². The van der Waals surface area contributed by atoms with Crippen molar-refractivity contribution in [2.75, 3.05) is 27.9 Å². The number of carbonyl (C=O) groups excluding carboxylic acids is 2. The Labute approximate surface area is 200 Å². The summed E-state index contributed by atoms with van der Waals surface area (Å²) < 4.78 is 30.7. The lowest BCUT2D eigenvalue weighted by Gasteiger charge is -2.40. The monoisotopic (exact) mass is 488 g/mol. The summed E-state index contributed by atoms with van der Waals surface area (Å²) in [5.41, 5.74) is 3.06. The zero-order valence-electron chi connectivity index (χ0n) is 20.1. The SMILES string of the molecule is CC(=O)N1c2ccc(-c3cnn(CC4CCS(=O)(=O)CC4)c3)cc2N(C(=O)OC(C)C)C[C@@H]1C. The Bertz CT molecular complexity index is 1180. The Morgan fingerprint density at radius 1 is 1.15 bits per heavy atom. The van der Waals surface area contributed by atoms with E-state index in [1.54, 1.807) is 29.8 Å². The number of hydrogen-bond donors (Lipinski definition) is 0. The Kier molecular flexibility index (Phi) is 6.71. The van der Waals surface area contributed by atoms with Gasteiger partial charge in [0.2, 0.25) is 5.91 Å². The van der Waals surface area contributed by atoms with E-state index in [2.05, 4.69) is 5.10 Å². The summed E-state index contributed by atoms with van der Waals surface area (Å²) in [6, 6.07) is 5.50. The zero-order valence-corrected chi connectivity index (χ0v) is 20.9. The standard InChI is InChI=1S/C24H32N4O5S/c1-16(2)33-24(30)27-13-17(3)28(18(4)29)22-6-5-20(11-23(22)27)21-12-25-26(15-21)14-19-7-9-34(31,32)10-8-19/h5-6,11-12,15-17,19H,7-10,13-14H2,1-4H3/t17-/m0/s1. The summed E-state index contributed by atoms with van der Waals surface area (Å²) in [6.07, 6.45) is 4.33. The van der Waals surface area contributed by atoms with Crippen molar-refractivity contribution >= 4 is 33.2 Å². The summed E-state index contributed by atoms with van der Waals surface area (Å²) in [6.45, 7) is 8.06. The summed E-state index contributed by atoms with van der Waals surface area (Å²) in [7, 11) is -2.89. The lowest BCUT2D eigenvalue weighted by molar-refractivity contribution is -0.117. The van der Waals surface area contributed by atoms with E-state index < -0.39 is 15.9 Å². The van der Waals surface area contributed by atoms with Gasteiger partial charge in [-0.25, -0.2) is 13.2 Å². The van der Waals surface area contributed by atoms with Crippen LogP contribution in [-0.2, 0) is 25.9 Å². The van der Waals surface area contributed by atoms with E-state index in [1.807, 2.05) is 36.0 Å². The van der Waals surface area contributed by atoms with E-state index in [1.165, 1.54) is 6.92 Å². The fourth-order valence-corrected chi connectivity index (χ4v) is 6.31. The van der Waals surface area contributed by atoms with E-state index in [-0.39, 0.29) is 35.5 Å². The molecule has 10 heteroatoms. The van der Waals surface area contributed by atoms with Gasteiger partial charge in [-0.3, -0.25) is 14.4 Å². The first-order valence-corrected chi connectivity index (χ1v) is 13.5. The van der Waals surface area contributed by atoms with Crippen molar-refractivity contribution in [1.29, 1.82) is 0 Å². The molecule has 2 aromatic rings. The van der Waals surface area contributed by atoms with E-state index in [4.69, 9.17) is 4.74 Å². The third-order valence-corrected chi connectivity index (χ3v) is 8.11. The Morgan fingerprint density at radius 2 is 1.85 bits per heavy atom. The molecular weight excluding hydrogens is 456 g/mol. The normalized spacial score (nSPS) is 20.3. The molecule has 0 saturated carbocycles. The second kappa shape index (κ2) is 9.40. The van der Waals surface area contributed by atoms with Crippen LogP contribution in [0.2, 0.25) is 0 Å². The van der Waals surface area contributed by atoms with Crippen molar-refractivity contribution < 1.29 is 22.7 Å². The molecule has 1 aromatic heterocycles. The quantitative estimate of drug-likeness (QED) is 0.653. The summed E-state index contributed by atoms with van der Waals surface area (Å²) in [4.78, 5) is 28.5. The van der Waals surface area contributed by atoms with Gasteiger partial charge in [0.25, 0.3) is 0 Å². The van der Waals surface area contributed by atoms with Crippen LogP contribution < -0.4 is 9.80 Å². The average Bonchev–Trinajstić information content (AvgIpc) is 3.22. The molecule has 3 heterocycles. The number of amides is 2. The lowest BCUT2D eigenvalue weighted by Crippen LogP contribution is -2.51. The number of ether oxygens (including phenoxy) is 1. The zero-order chi connectivity index (χ0) is 24.6. The molecule has 4 rings (SSSR count). The maximum absolute atomic E-state index is 12.9. The molecule has 1 saturated heterocycles. The molecule has 1 atom stereocenters. The number of carbonyl (C=O) groups is 2.